The van der Waals surface area contributed by atoms with Crippen LogP contribution in [0.3, 0.4) is 0 Å². The Balaban J connectivity index is 1.78. The molecule has 158 valence electrons. The smallest absolute Gasteiger partial charge is 0.257 e. The molecule has 4 nitrogen and oxygen atoms in total. The van der Waals surface area contributed by atoms with Crippen LogP contribution >= 0.6 is 0 Å². The fourth-order valence-electron chi connectivity index (χ4n) is 3.43. The Bertz CT molecular complexity index is 795. The van der Waals surface area contributed by atoms with Crippen LogP contribution in [-0.4, -0.2) is 38.8 Å². The van der Waals surface area contributed by atoms with Crippen molar-refractivity contribution in [1.29, 1.82) is 0 Å². The van der Waals surface area contributed by atoms with Gasteiger partial charge < -0.3 is 19.7 Å². The van der Waals surface area contributed by atoms with Crippen molar-refractivity contribution in [3.63, 3.8) is 0 Å². The maximum absolute atomic E-state index is 13.9. The molecule has 2 aromatic carbocycles. The molecule has 0 aromatic heterocycles. The van der Waals surface area contributed by atoms with Crippen LogP contribution in [0, 0.1) is 5.82 Å². The van der Waals surface area contributed by atoms with Gasteiger partial charge in [0.05, 0.1) is 25.4 Å². The average Bonchev–Trinajstić information content (AvgIpc) is 2.68. The molecule has 1 heterocycles. The molecule has 1 N–H and O–H groups in total. The first-order chi connectivity index (χ1) is 13.9. The fraction of sp³-hybridized carbons (Fsp3) is 0.455. The minimum absolute atomic E-state index is 0.0495. The largest absolute Gasteiger partial charge is 0.491 e. The molecular weight excluding hydrogens is 381 g/mol. The lowest BCUT2D eigenvalue weighted by atomic mass is 10.1. The molecule has 0 amide bonds. The van der Waals surface area contributed by atoms with Gasteiger partial charge >= 0.3 is 0 Å². The number of hydrogen-bond donors (Lipinski definition) is 1. The quantitative estimate of drug-likeness (QED) is 0.695. The number of morpholine rings is 1. The molecule has 0 bridgehead atoms. The molecule has 1 aliphatic rings. The third-order valence-electron chi connectivity index (χ3n) is 4.75. The zero-order valence-electron chi connectivity index (χ0n) is 16.7. The Morgan fingerprint density at radius 3 is 2.55 bits per heavy atom. The normalized spacial score (nSPS) is 15.8. The summed E-state index contributed by atoms with van der Waals surface area (Å²) in [5, 5.41) is 2.91. The molecule has 0 radical (unpaired) electrons. The summed E-state index contributed by atoms with van der Waals surface area (Å²) in [7, 11) is 0. The predicted molar refractivity (Wildman–Crippen MR) is 107 cm³/mol. The van der Waals surface area contributed by atoms with Crippen molar-refractivity contribution < 1.29 is 22.6 Å². The van der Waals surface area contributed by atoms with E-state index in [0.717, 1.165) is 5.69 Å². The number of alkyl halides is 2. The predicted octanol–water partition coefficient (Wildman–Crippen LogP) is 4.55. The highest BCUT2D eigenvalue weighted by Crippen LogP contribution is 2.28. The Morgan fingerprint density at radius 1 is 1.10 bits per heavy atom. The van der Waals surface area contributed by atoms with E-state index in [1.807, 2.05) is 13.8 Å². The van der Waals surface area contributed by atoms with E-state index in [0.29, 0.717) is 43.2 Å². The van der Waals surface area contributed by atoms with Gasteiger partial charge in [-0.3, -0.25) is 0 Å². The van der Waals surface area contributed by atoms with Crippen molar-refractivity contribution in [1.82, 2.24) is 5.32 Å². The first-order valence-corrected chi connectivity index (χ1v) is 9.83. The molecule has 1 aliphatic heterocycles. The molecule has 7 heteroatoms. The first-order valence-electron chi connectivity index (χ1n) is 9.83. The van der Waals surface area contributed by atoms with Crippen LogP contribution in [0.2, 0.25) is 0 Å². The Hall–Kier alpha value is -2.25. The van der Waals surface area contributed by atoms with Gasteiger partial charge in [0, 0.05) is 25.3 Å². The fourth-order valence-corrected chi connectivity index (χ4v) is 3.43. The van der Waals surface area contributed by atoms with Crippen molar-refractivity contribution in [2.45, 2.75) is 39.0 Å². The molecular formula is C22H27F3N2O2. The highest BCUT2D eigenvalue weighted by atomic mass is 19.3. The van der Waals surface area contributed by atoms with E-state index in [1.165, 1.54) is 12.1 Å². The van der Waals surface area contributed by atoms with Crippen LogP contribution in [0.25, 0.3) is 0 Å². The number of nitrogens with zero attached hydrogens (tertiary/aromatic N) is 1. The van der Waals surface area contributed by atoms with Gasteiger partial charge in [0.2, 0.25) is 0 Å². The zero-order valence-corrected chi connectivity index (χ0v) is 16.7. The maximum Gasteiger partial charge on any atom is 0.257 e. The SMILES string of the molecule is CC(C)Oc1cccc([C@@H](NCc2cc(F)ccc2N2CCOCC2)C(F)F)c1. The Labute approximate surface area is 169 Å². The average molecular weight is 408 g/mol. The summed E-state index contributed by atoms with van der Waals surface area (Å²) in [6.07, 6.45) is -2.67. The second-order valence-electron chi connectivity index (χ2n) is 7.30. The maximum atomic E-state index is 13.9. The Kier molecular flexibility index (Phi) is 7.39. The molecule has 0 aliphatic carbocycles. The van der Waals surface area contributed by atoms with Gasteiger partial charge in [-0.05, 0) is 55.3 Å². The minimum Gasteiger partial charge on any atom is -0.491 e. The molecule has 29 heavy (non-hydrogen) atoms. The van der Waals surface area contributed by atoms with E-state index in [1.54, 1.807) is 30.3 Å². The number of ether oxygens (including phenoxy) is 2. The highest BCUT2D eigenvalue weighted by molar-refractivity contribution is 5.54. The van der Waals surface area contributed by atoms with Crippen molar-refractivity contribution in [2.75, 3.05) is 31.2 Å². The summed E-state index contributed by atoms with van der Waals surface area (Å²) >= 11 is 0. The molecule has 0 saturated carbocycles. The van der Waals surface area contributed by atoms with E-state index in [-0.39, 0.29) is 18.5 Å². The van der Waals surface area contributed by atoms with Gasteiger partial charge in [0.25, 0.3) is 6.43 Å². The summed E-state index contributed by atoms with van der Waals surface area (Å²) in [5.41, 5.74) is 1.92. The van der Waals surface area contributed by atoms with Gasteiger partial charge in [0.1, 0.15) is 11.6 Å². The van der Waals surface area contributed by atoms with Crippen LogP contribution in [-0.2, 0) is 11.3 Å². The van der Waals surface area contributed by atoms with Gasteiger partial charge in [-0.2, -0.15) is 0 Å². The number of rotatable bonds is 8. The lowest BCUT2D eigenvalue weighted by molar-refractivity contribution is 0.0973. The number of benzene rings is 2. The van der Waals surface area contributed by atoms with E-state index in [9.17, 15) is 13.2 Å². The van der Waals surface area contributed by atoms with Crippen LogP contribution in [0.4, 0.5) is 18.9 Å². The van der Waals surface area contributed by atoms with Gasteiger partial charge in [0.15, 0.2) is 0 Å². The summed E-state index contributed by atoms with van der Waals surface area (Å²) in [6.45, 7) is 6.43. The van der Waals surface area contributed by atoms with Crippen LogP contribution in [0.5, 0.6) is 5.75 Å². The molecule has 1 fully saturated rings. The minimum atomic E-state index is -2.62. The van der Waals surface area contributed by atoms with Gasteiger partial charge in [-0.25, -0.2) is 13.2 Å². The molecule has 0 unspecified atom stereocenters. The van der Waals surface area contributed by atoms with Crippen LogP contribution in [0.15, 0.2) is 42.5 Å². The molecule has 1 saturated heterocycles. The summed E-state index contributed by atoms with van der Waals surface area (Å²) in [5.74, 6) is 0.157. The first kappa shape index (κ1) is 21.5. The highest BCUT2D eigenvalue weighted by Gasteiger charge is 2.24. The molecule has 0 spiro atoms. The summed E-state index contributed by atoms with van der Waals surface area (Å²) in [4.78, 5) is 2.09. The van der Waals surface area contributed by atoms with Crippen molar-refractivity contribution in [3.8, 4) is 5.75 Å². The lowest BCUT2D eigenvalue weighted by Gasteiger charge is -2.31. The topological polar surface area (TPSA) is 33.7 Å². The summed E-state index contributed by atoms with van der Waals surface area (Å²) < 4.78 is 52.5. The number of hydrogen-bond acceptors (Lipinski definition) is 4. The van der Waals surface area contributed by atoms with Crippen molar-refractivity contribution in [3.05, 3.63) is 59.4 Å². The van der Waals surface area contributed by atoms with Crippen LogP contribution in [0.1, 0.15) is 31.0 Å². The van der Waals surface area contributed by atoms with E-state index in [2.05, 4.69) is 10.2 Å². The Morgan fingerprint density at radius 2 is 1.86 bits per heavy atom. The second kappa shape index (κ2) is 9.98. The van der Waals surface area contributed by atoms with E-state index >= 15 is 0 Å². The number of nitrogens with one attached hydrogen (secondary N) is 1. The van der Waals surface area contributed by atoms with Crippen molar-refractivity contribution in [2.24, 2.45) is 0 Å². The van der Waals surface area contributed by atoms with Gasteiger partial charge in [-0.1, -0.05) is 12.1 Å². The number of anilines is 1. The standard InChI is InChI=1S/C22H27F3N2O2/c1-15(2)29-19-5-3-4-16(13-19)21(22(24)25)26-14-17-12-18(23)6-7-20(17)27-8-10-28-11-9-27/h3-7,12-13,15,21-22,26H,8-11,14H2,1-2H3/t21-/m1/s1. The van der Waals surface area contributed by atoms with E-state index in [4.69, 9.17) is 9.47 Å². The molecule has 3 rings (SSSR count). The van der Waals surface area contributed by atoms with Crippen molar-refractivity contribution >= 4 is 5.69 Å². The molecule has 2 aromatic rings. The summed E-state index contributed by atoms with van der Waals surface area (Å²) in [6, 6.07) is 10.0. The monoisotopic (exact) mass is 408 g/mol. The third kappa shape index (κ3) is 5.87. The third-order valence-corrected chi connectivity index (χ3v) is 4.75. The van der Waals surface area contributed by atoms with Crippen LogP contribution < -0.4 is 15.0 Å². The second-order valence-corrected chi connectivity index (χ2v) is 7.30. The lowest BCUT2D eigenvalue weighted by Crippen LogP contribution is -2.37. The van der Waals surface area contributed by atoms with E-state index < -0.39 is 12.5 Å². The zero-order chi connectivity index (χ0) is 20.8. The number of halogens is 3. The molecule has 1 atom stereocenters. The van der Waals surface area contributed by atoms with Gasteiger partial charge in [-0.15, -0.1) is 0 Å².